The first-order valence-electron chi connectivity index (χ1n) is 5.47. The van der Waals surface area contributed by atoms with E-state index in [4.69, 9.17) is 5.11 Å². The van der Waals surface area contributed by atoms with E-state index in [0.29, 0.717) is 0 Å². The van der Waals surface area contributed by atoms with Crippen molar-refractivity contribution in [1.29, 1.82) is 0 Å². The first-order valence-corrected chi connectivity index (χ1v) is 5.47. The lowest BCUT2D eigenvalue weighted by Crippen LogP contribution is -2.15. The standard InChI is InChI=1S/C7H14O.2C2H6.2CH4/c1-6-2-4-7(8)5-3-6;2*1-2;;/h6-8H,2-5H2,1H3;2*1-2H3;2*1H4. The Morgan fingerprint density at radius 3 is 1.29 bits per heavy atom. The fourth-order valence-corrected chi connectivity index (χ4v) is 1.24. The fraction of sp³-hybridized carbons (Fsp3) is 1.00. The normalized spacial score (nSPS) is 23.6. The number of aliphatic hydroxyl groups excluding tert-OH is 1. The van der Waals surface area contributed by atoms with Crippen molar-refractivity contribution in [2.24, 2.45) is 5.92 Å². The molecule has 1 aliphatic rings. The molecular formula is C13H34O. The molecule has 1 nitrogen and oxygen atoms in total. The van der Waals surface area contributed by atoms with Crippen LogP contribution in [0.25, 0.3) is 0 Å². The molecule has 0 amide bonds. The summed E-state index contributed by atoms with van der Waals surface area (Å²) in [5.74, 6) is 0.860. The lowest BCUT2D eigenvalue weighted by Gasteiger charge is -2.21. The highest BCUT2D eigenvalue weighted by molar-refractivity contribution is 4.67. The highest BCUT2D eigenvalue weighted by Crippen LogP contribution is 2.22. The van der Waals surface area contributed by atoms with Crippen molar-refractivity contribution in [2.45, 2.75) is 81.3 Å². The van der Waals surface area contributed by atoms with Crippen LogP contribution in [0.3, 0.4) is 0 Å². The predicted octanol–water partition coefficient (Wildman–Crippen LogP) is 4.88. The van der Waals surface area contributed by atoms with Gasteiger partial charge < -0.3 is 5.11 Å². The SMILES string of the molecule is C.C.CC.CC.CC1CCC(O)CC1. The largest absolute Gasteiger partial charge is 0.393 e. The fourth-order valence-electron chi connectivity index (χ4n) is 1.24. The zero-order chi connectivity index (χ0) is 9.98. The van der Waals surface area contributed by atoms with Gasteiger partial charge >= 0.3 is 0 Å². The smallest absolute Gasteiger partial charge is 0.0540 e. The van der Waals surface area contributed by atoms with Crippen LogP contribution in [0.1, 0.15) is 75.2 Å². The summed E-state index contributed by atoms with van der Waals surface area (Å²) in [7, 11) is 0. The maximum Gasteiger partial charge on any atom is 0.0540 e. The summed E-state index contributed by atoms with van der Waals surface area (Å²) in [5.41, 5.74) is 0. The Hall–Kier alpha value is -0.0400. The second kappa shape index (κ2) is 18.7. The van der Waals surface area contributed by atoms with E-state index >= 15 is 0 Å². The van der Waals surface area contributed by atoms with Crippen LogP contribution in [0.5, 0.6) is 0 Å². The molecule has 0 atom stereocenters. The zero-order valence-corrected chi connectivity index (χ0v) is 9.43. The van der Waals surface area contributed by atoms with Gasteiger partial charge in [0.1, 0.15) is 0 Å². The Kier molecular flexibility index (Phi) is 31.5. The minimum absolute atomic E-state index is 0. The Morgan fingerprint density at radius 1 is 0.786 bits per heavy atom. The van der Waals surface area contributed by atoms with E-state index in [2.05, 4.69) is 6.92 Å². The Morgan fingerprint density at radius 2 is 1.07 bits per heavy atom. The molecule has 0 bridgehead atoms. The summed E-state index contributed by atoms with van der Waals surface area (Å²) in [4.78, 5) is 0. The Bertz CT molecular complexity index is 53.6. The van der Waals surface area contributed by atoms with Crippen molar-refractivity contribution < 1.29 is 5.11 Å². The average Bonchev–Trinajstić information content (AvgIpc) is 2.17. The van der Waals surface area contributed by atoms with Crippen molar-refractivity contribution >= 4 is 0 Å². The van der Waals surface area contributed by atoms with Gasteiger partial charge in [0.2, 0.25) is 0 Å². The van der Waals surface area contributed by atoms with E-state index < -0.39 is 0 Å². The molecule has 1 N–H and O–H groups in total. The van der Waals surface area contributed by atoms with Crippen LogP contribution in [0.2, 0.25) is 0 Å². The van der Waals surface area contributed by atoms with Crippen molar-refractivity contribution in [3.63, 3.8) is 0 Å². The van der Waals surface area contributed by atoms with Crippen LogP contribution in [0.4, 0.5) is 0 Å². The van der Waals surface area contributed by atoms with Crippen molar-refractivity contribution in [3.05, 3.63) is 0 Å². The maximum atomic E-state index is 9.03. The molecule has 0 spiro atoms. The predicted molar refractivity (Wildman–Crippen MR) is 69.8 cm³/mol. The van der Waals surface area contributed by atoms with Crippen LogP contribution in [0, 0.1) is 5.92 Å². The molecule has 0 aromatic heterocycles. The van der Waals surface area contributed by atoms with Crippen molar-refractivity contribution in [2.75, 3.05) is 0 Å². The van der Waals surface area contributed by atoms with Gasteiger partial charge in [0.25, 0.3) is 0 Å². The lowest BCUT2D eigenvalue weighted by molar-refractivity contribution is 0.112. The number of rotatable bonds is 0. The maximum absolute atomic E-state index is 9.03. The monoisotopic (exact) mass is 206 g/mol. The van der Waals surface area contributed by atoms with Crippen LogP contribution >= 0.6 is 0 Å². The van der Waals surface area contributed by atoms with Gasteiger partial charge in [0, 0.05) is 0 Å². The van der Waals surface area contributed by atoms with E-state index in [9.17, 15) is 0 Å². The molecule has 0 unspecified atom stereocenters. The molecule has 0 aliphatic heterocycles. The van der Waals surface area contributed by atoms with Gasteiger partial charge in [-0.05, 0) is 31.6 Å². The van der Waals surface area contributed by atoms with Gasteiger partial charge in [0.05, 0.1) is 6.10 Å². The summed E-state index contributed by atoms with van der Waals surface area (Å²) in [6.07, 6.45) is 4.52. The van der Waals surface area contributed by atoms with Crippen molar-refractivity contribution in [1.82, 2.24) is 0 Å². The molecule has 14 heavy (non-hydrogen) atoms. The van der Waals surface area contributed by atoms with Gasteiger partial charge in [-0.2, -0.15) is 0 Å². The summed E-state index contributed by atoms with van der Waals surface area (Å²) < 4.78 is 0. The second-order valence-electron chi connectivity index (χ2n) is 2.91. The van der Waals surface area contributed by atoms with Gasteiger partial charge in [-0.1, -0.05) is 49.5 Å². The molecule has 92 valence electrons. The van der Waals surface area contributed by atoms with E-state index in [1.165, 1.54) is 12.8 Å². The summed E-state index contributed by atoms with van der Waals surface area (Å²) >= 11 is 0. The Balaban J connectivity index is -0.0000000750. The molecule has 1 aliphatic carbocycles. The van der Waals surface area contributed by atoms with Gasteiger partial charge in [-0.15, -0.1) is 0 Å². The minimum Gasteiger partial charge on any atom is -0.393 e. The molecule has 1 heteroatoms. The van der Waals surface area contributed by atoms with E-state index in [1.807, 2.05) is 27.7 Å². The number of hydrogen-bond donors (Lipinski definition) is 1. The van der Waals surface area contributed by atoms with E-state index in [0.717, 1.165) is 18.8 Å². The zero-order valence-electron chi connectivity index (χ0n) is 9.43. The van der Waals surface area contributed by atoms with Crippen LogP contribution in [-0.2, 0) is 0 Å². The summed E-state index contributed by atoms with van der Waals surface area (Å²) in [5, 5.41) is 9.03. The molecule has 0 aromatic rings. The molecule has 0 radical (unpaired) electrons. The first-order chi connectivity index (χ1) is 5.79. The molecule has 0 aromatic carbocycles. The molecule has 0 heterocycles. The summed E-state index contributed by atoms with van der Waals surface area (Å²) in [6.45, 7) is 10.3. The lowest BCUT2D eigenvalue weighted by atomic mass is 9.89. The van der Waals surface area contributed by atoms with Crippen molar-refractivity contribution in [3.8, 4) is 0 Å². The molecule has 1 saturated carbocycles. The van der Waals surface area contributed by atoms with Gasteiger partial charge in [-0.25, -0.2) is 0 Å². The van der Waals surface area contributed by atoms with E-state index in [1.54, 1.807) is 0 Å². The number of aliphatic hydroxyl groups is 1. The van der Waals surface area contributed by atoms with Crippen LogP contribution in [0.15, 0.2) is 0 Å². The van der Waals surface area contributed by atoms with Crippen LogP contribution in [-0.4, -0.2) is 11.2 Å². The molecule has 1 fully saturated rings. The number of hydrogen-bond acceptors (Lipinski definition) is 1. The van der Waals surface area contributed by atoms with Crippen LogP contribution < -0.4 is 0 Å². The van der Waals surface area contributed by atoms with Gasteiger partial charge in [-0.3, -0.25) is 0 Å². The topological polar surface area (TPSA) is 20.2 Å². The first kappa shape index (κ1) is 23.6. The highest BCUT2D eigenvalue weighted by Gasteiger charge is 2.14. The molecule has 0 saturated heterocycles. The second-order valence-corrected chi connectivity index (χ2v) is 2.91. The third kappa shape index (κ3) is 14.5. The average molecular weight is 206 g/mol. The Labute approximate surface area is 92.9 Å². The van der Waals surface area contributed by atoms with E-state index in [-0.39, 0.29) is 21.0 Å². The highest BCUT2D eigenvalue weighted by atomic mass is 16.3. The molecule has 1 rings (SSSR count). The minimum atomic E-state index is 0. The molecular weight excluding hydrogens is 172 g/mol. The third-order valence-electron chi connectivity index (χ3n) is 1.99. The quantitative estimate of drug-likeness (QED) is 0.599. The third-order valence-corrected chi connectivity index (χ3v) is 1.99. The van der Waals surface area contributed by atoms with Gasteiger partial charge in [0.15, 0.2) is 0 Å². The summed E-state index contributed by atoms with van der Waals surface area (Å²) in [6, 6.07) is 0.